The van der Waals surface area contributed by atoms with Crippen molar-refractivity contribution in [3.63, 3.8) is 0 Å². The standard InChI is InChI=1S/C32H40ClF3N2O4.C2HF3O2/c1-17(2)14-31(3,4)15-27-32(20-12-23(35)24(36)13-25(20)37-30(32)42)28(18-9-10-22(34)21(33)11-18)29(38(27)5)26(41)8-6-7-19(40)16-39;3-2(4,5)1(6)7/h9-13,17,19,27-29,39-40H,6-8,14-16H2,1-5H3,(H,37,42);(H,6,7)/t19-,27+,28-,29-,32-;/m0./s1. The number of carboxylic acid groups (broad SMARTS) is 1. The summed E-state index contributed by atoms with van der Waals surface area (Å²) in [6.45, 7) is 7.94. The molecule has 2 aromatic rings. The molecular weight excluding hydrogens is 682 g/mol. The maximum atomic E-state index is 14.9. The molecule has 2 heterocycles. The van der Waals surface area contributed by atoms with Gasteiger partial charge in [0, 0.05) is 30.1 Å². The summed E-state index contributed by atoms with van der Waals surface area (Å²) >= 11 is 6.23. The number of aliphatic hydroxyl groups is 2. The van der Waals surface area contributed by atoms with Gasteiger partial charge in [0.05, 0.1) is 23.8 Å². The molecule has 0 aliphatic carbocycles. The normalized spacial score (nSPS) is 22.9. The lowest BCUT2D eigenvalue weighted by atomic mass is 9.61. The van der Waals surface area contributed by atoms with Crippen LogP contribution in [0.3, 0.4) is 0 Å². The van der Waals surface area contributed by atoms with E-state index in [1.54, 1.807) is 7.05 Å². The van der Waals surface area contributed by atoms with Gasteiger partial charge in [-0.3, -0.25) is 14.5 Å². The largest absolute Gasteiger partial charge is 0.490 e. The smallest absolute Gasteiger partial charge is 0.475 e. The number of Topliss-reactive ketones (excluding diaryl/α,β-unsaturated/α-hetero) is 1. The van der Waals surface area contributed by atoms with Crippen LogP contribution in [-0.2, 0) is 19.8 Å². The average molecular weight is 723 g/mol. The number of amides is 1. The Morgan fingerprint density at radius 3 is 2.18 bits per heavy atom. The van der Waals surface area contributed by atoms with Gasteiger partial charge in [0.1, 0.15) is 11.2 Å². The third kappa shape index (κ3) is 8.58. The first-order chi connectivity index (χ1) is 22.6. The van der Waals surface area contributed by atoms with Crippen LogP contribution in [0.15, 0.2) is 30.3 Å². The van der Waals surface area contributed by atoms with Crippen molar-refractivity contribution in [3.05, 3.63) is 63.9 Å². The number of hydrogen-bond acceptors (Lipinski definition) is 6. The van der Waals surface area contributed by atoms with E-state index in [1.807, 2.05) is 4.90 Å². The van der Waals surface area contributed by atoms with Gasteiger partial charge in [0.2, 0.25) is 5.91 Å². The van der Waals surface area contributed by atoms with Crippen molar-refractivity contribution in [2.24, 2.45) is 11.3 Å². The molecule has 8 nitrogen and oxygen atoms in total. The Bertz CT molecular complexity index is 1550. The second-order valence-electron chi connectivity index (χ2n) is 13.9. The lowest BCUT2D eigenvalue weighted by Crippen LogP contribution is -2.50. The zero-order chi connectivity index (χ0) is 37.2. The number of hydrogen-bond donors (Lipinski definition) is 4. The van der Waals surface area contributed by atoms with Gasteiger partial charge in [0.25, 0.3) is 0 Å². The van der Waals surface area contributed by atoms with Gasteiger partial charge in [0.15, 0.2) is 17.4 Å². The molecule has 1 spiro atoms. The van der Waals surface area contributed by atoms with Crippen molar-refractivity contribution in [1.82, 2.24) is 4.90 Å². The minimum Gasteiger partial charge on any atom is -0.475 e. The van der Waals surface area contributed by atoms with Crippen LogP contribution in [0.1, 0.15) is 76.8 Å². The number of ketones is 1. The van der Waals surface area contributed by atoms with Crippen LogP contribution in [0.4, 0.5) is 32.0 Å². The second kappa shape index (κ2) is 15.4. The van der Waals surface area contributed by atoms with Crippen molar-refractivity contribution in [2.75, 3.05) is 19.0 Å². The molecular formula is C34H41ClF6N2O6. The number of nitrogens with zero attached hydrogens (tertiary/aromatic N) is 1. The minimum absolute atomic E-state index is 0.0436. The maximum Gasteiger partial charge on any atom is 0.490 e. The summed E-state index contributed by atoms with van der Waals surface area (Å²) in [7, 11) is 1.76. The molecule has 272 valence electrons. The molecule has 0 aromatic heterocycles. The summed E-state index contributed by atoms with van der Waals surface area (Å²) in [6, 6.07) is 4.56. The molecule has 0 saturated carbocycles. The molecule has 5 atom stereocenters. The summed E-state index contributed by atoms with van der Waals surface area (Å²) in [6.07, 6.45) is -4.25. The molecule has 2 aliphatic rings. The molecule has 4 rings (SSSR count). The molecule has 1 saturated heterocycles. The Balaban J connectivity index is 0.000000838. The van der Waals surface area contributed by atoms with Gasteiger partial charge in [-0.1, -0.05) is 45.4 Å². The number of rotatable bonds is 11. The first-order valence-electron chi connectivity index (χ1n) is 15.7. The fraction of sp³-hybridized carbons (Fsp3) is 0.559. The predicted molar refractivity (Wildman–Crippen MR) is 170 cm³/mol. The molecule has 0 radical (unpaired) electrons. The zero-order valence-corrected chi connectivity index (χ0v) is 28.4. The number of aliphatic carboxylic acids is 1. The molecule has 2 aromatic carbocycles. The monoisotopic (exact) mass is 722 g/mol. The third-order valence-electron chi connectivity index (χ3n) is 9.15. The molecule has 0 bridgehead atoms. The highest BCUT2D eigenvalue weighted by molar-refractivity contribution is 6.30. The number of carboxylic acids is 1. The highest BCUT2D eigenvalue weighted by Crippen LogP contribution is 2.60. The van der Waals surface area contributed by atoms with E-state index in [0.717, 1.165) is 18.6 Å². The number of carbonyl (C=O) groups excluding carboxylic acids is 2. The fourth-order valence-corrected chi connectivity index (χ4v) is 7.71. The number of aliphatic hydroxyl groups excluding tert-OH is 2. The van der Waals surface area contributed by atoms with Gasteiger partial charge in [-0.05, 0) is 73.4 Å². The van der Waals surface area contributed by atoms with Crippen molar-refractivity contribution < 1.29 is 56.0 Å². The van der Waals surface area contributed by atoms with E-state index in [2.05, 4.69) is 33.0 Å². The SMILES string of the molecule is CC(C)CC(C)(C)C[C@H]1N(C)[C@@H](C(=O)CCC[C@H](O)CO)[C@H](c2ccc(F)c(Cl)c2)[C@@]12C(=O)Nc1cc(F)c(F)cc12.O=C(O)C(F)(F)F. The highest BCUT2D eigenvalue weighted by atomic mass is 35.5. The van der Waals surface area contributed by atoms with Crippen molar-refractivity contribution in [2.45, 2.75) is 95.5 Å². The van der Waals surface area contributed by atoms with Crippen LogP contribution in [0.25, 0.3) is 0 Å². The van der Waals surface area contributed by atoms with Crippen LogP contribution >= 0.6 is 11.6 Å². The van der Waals surface area contributed by atoms with Crippen LogP contribution in [0.2, 0.25) is 5.02 Å². The maximum absolute atomic E-state index is 14.9. The summed E-state index contributed by atoms with van der Waals surface area (Å²) in [5.41, 5.74) is -1.02. The van der Waals surface area contributed by atoms with Gasteiger partial charge >= 0.3 is 12.1 Å². The van der Waals surface area contributed by atoms with Crippen LogP contribution in [0.5, 0.6) is 0 Å². The van der Waals surface area contributed by atoms with Crippen molar-refractivity contribution in [3.8, 4) is 0 Å². The summed E-state index contributed by atoms with van der Waals surface area (Å²) in [5, 5.41) is 28.8. The molecule has 1 amide bonds. The van der Waals surface area contributed by atoms with Crippen LogP contribution in [0, 0.1) is 28.8 Å². The average Bonchev–Trinajstić information content (AvgIpc) is 3.39. The number of nitrogens with one attached hydrogen (secondary N) is 1. The molecule has 2 aliphatic heterocycles. The van der Waals surface area contributed by atoms with Crippen LogP contribution < -0.4 is 5.32 Å². The number of likely N-dealkylation sites (N-methyl/N-ethyl adjacent to an activating group) is 1. The molecule has 49 heavy (non-hydrogen) atoms. The van der Waals surface area contributed by atoms with E-state index in [4.69, 9.17) is 21.5 Å². The summed E-state index contributed by atoms with van der Waals surface area (Å²) in [4.78, 5) is 39.2. The number of fused-ring (bicyclic) bond motifs is 2. The van der Waals surface area contributed by atoms with Crippen LogP contribution in [-0.4, -0.2) is 75.9 Å². The number of alkyl halides is 3. The number of carbonyl (C=O) groups is 3. The number of anilines is 1. The first kappa shape index (κ1) is 40.2. The Hall–Kier alpha value is -3.20. The minimum atomic E-state index is -5.08. The topological polar surface area (TPSA) is 127 Å². The molecule has 1 fully saturated rings. The third-order valence-corrected chi connectivity index (χ3v) is 9.44. The second-order valence-corrected chi connectivity index (χ2v) is 14.3. The van der Waals surface area contributed by atoms with E-state index in [0.29, 0.717) is 24.3 Å². The Morgan fingerprint density at radius 2 is 1.65 bits per heavy atom. The van der Waals surface area contributed by atoms with E-state index in [-0.39, 0.29) is 40.3 Å². The van der Waals surface area contributed by atoms with E-state index in [9.17, 15) is 46.1 Å². The number of benzene rings is 2. The highest BCUT2D eigenvalue weighted by Gasteiger charge is 2.68. The summed E-state index contributed by atoms with van der Waals surface area (Å²) < 4.78 is 75.5. The van der Waals surface area contributed by atoms with E-state index >= 15 is 0 Å². The first-order valence-corrected chi connectivity index (χ1v) is 16.1. The van der Waals surface area contributed by atoms with Crippen molar-refractivity contribution in [1.29, 1.82) is 0 Å². The molecule has 4 N–H and O–H groups in total. The zero-order valence-electron chi connectivity index (χ0n) is 27.7. The van der Waals surface area contributed by atoms with Gasteiger partial charge in [-0.25, -0.2) is 18.0 Å². The predicted octanol–water partition coefficient (Wildman–Crippen LogP) is 6.60. The van der Waals surface area contributed by atoms with E-state index in [1.165, 1.54) is 18.2 Å². The lowest BCUT2D eigenvalue weighted by molar-refractivity contribution is -0.192. The Labute approximate surface area is 285 Å². The van der Waals surface area contributed by atoms with Gasteiger partial charge in [-0.15, -0.1) is 0 Å². The molecule has 0 unspecified atom stereocenters. The summed E-state index contributed by atoms with van der Waals surface area (Å²) in [5.74, 6) is -6.94. The fourth-order valence-electron chi connectivity index (χ4n) is 7.52. The van der Waals surface area contributed by atoms with E-state index < -0.39 is 71.6 Å². The van der Waals surface area contributed by atoms with Gasteiger partial charge in [-0.2, -0.15) is 13.2 Å². The Morgan fingerprint density at radius 1 is 1.06 bits per heavy atom. The quantitative estimate of drug-likeness (QED) is 0.193. The Kier molecular flexibility index (Phi) is 12.6. The lowest BCUT2D eigenvalue weighted by Gasteiger charge is -2.40. The molecule has 15 heteroatoms. The van der Waals surface area contributed by atoms with Crippen molar-refractivity contribution >= 4 is 34.9 Å². The number of likely N-dealkylation sites (tertiary alicyclic amines) is 1. The number of halogens is 7. The van der Waals surface area contributed by atoms with Gasteiger partial charge < -0.3 is 20.6 Å².